The molecule has 0 saturated carbocycles. The number of nitrogens with one attached hydrogen (secondary N) is 1. The van der Waals surface area contributed by atoms with Crippen LogP contribution in [0.3, 0.4) is 0 Å². The molecule has 0 aliphatic carbocycles. The highest BCUT2D eigenvalue weighted by molar-refractivity contribution is 7.09. The van der Waals surface area contributed by atoms with Gasteiger partial charge in [-0.15, -0.1) is 11.3 Å². The third-order valence-corrected chi connectivity index (χ3v) is 3.26. The summed E-state index contributed by atoms with van der Waals surface area (Å²) in [5.74, 6) is 0.653. The van der Waals surface area contributed by atoms with E-state index in [2.05, 4.69) is 29.5 Å². The molecule has 0 aliphatic heterocycles. The fourth-order valence-electron chi connectivity index (χ4n) is 1.59. The van der Waals surface area contributed by atoms with Crippen LogP contribution in [0.4, 0.5) is 0 Å². The Hall–Kier alpha value is -0.450. The van der Waals surface area contributed by atoms with Crippen LogP contribution in [-0.4, -0.2) is 18.6 Å². The summed E-state index contributed by atoms with van der Waals surface area (Å²) >= 11 is 1.69. The van der Waals surface area contributed by atoms with Crippen LogP contribution in [0.5, 0.6) is 0 Å². The van der Waals surface area contributed by atoms with Gasteiger partial charge in [-0.3, -0.25) is 0 Å². The van der Waals surface area contributed by atoms with E-state index in [-0.39, 0.29) is 0 Å². The highest BCUT2D eigenvalue weighted by Crippen LogP contribution is 2.11. The SMILES string of the molecule is CCCC(C)COCc1csc(CNC)n1. The Balaban J connectivity index is 2.21. The van der Waals surface area contributed by atoms with Crippen LogP contribution in [0.15, 0.2) is 5.38 Å². The van der Waals surface area contributed by atoms with E-state index in [1.807, 2.05) is 7.05 Å². The van der Waals surface area contributed by atoms with Crippen LogP contribution in [0.25, 0.3) is 0 Å². The normalized spacial score (nSPS) is 12.9. The molecule has 1 unspecified atom stereocenters. The fourth-order valence-corrected chi connectivity index (χ4v) is 2.38. The first-order chi connectivity index (χ1) is 7.76. The predicted octanol–water partition coefficient (Wildman–Crippen LogP) is 2.82. The molecule has 1 atom stereocenters. The van der Waals surface area contributed by atoms with Crippen molar-refractivity contribution in [2.45, 2.75) is 39.8 Å². The Kier molecular flexibility index (Phi) is 6.61. The summed E-state index contributed by atoms with van der Waals surface area (Å²) in [4.78, 5) is 4.47. The highest BCUT2D eigenvalue weighted by atomic mass is 32.1. The molecular weight excluding hydrogens is 220 g/mol. The predicted molar refractivity (Wildman–Crippen MR) is 68.6 cm³/mol. The van der Waals surface area contributed by atoms with Gasteiger partial charge >= 0.3 is 0 Å². The topological polar surface area (TPSA) is 34.1 Å². The van der Waals surface area contributed by atoms with Crippen molar-refractivity contribution in [1.82, 2.24) is 10.3 Å². The monoisotopic (exact) mass is 242 g/mol. The lowest BCUT2D eigenvalue weighted by molar-refractivity contribution is 0.0874. The summed E-state index contributed by atoms with van der Waals surface area (Å²) in [5.41, 5.74) is 1.05. The van der Waals surface area contributed by atoms with Crippen molar-refractivity contribution in [2.75, 3.05) is 13.7 Å². The van der Waals surface area contributed by atoms with E-state index in [1.165, 1.54) is 12.8 Å². The lowest BCUT2D eigenvalue weighted by Crippen LogP contribution is -2.07. The van der Waals surface area contributed by atoms with Crippen LogP contribution >= 0.6 is 11.3 Å². The molecule has 1 heterocycles. The third kappa shape index (κ3) is 5.05. The minimum atomic E-state index is 0.647. The largest absolute Gasteiger partial charge is 0.375 e. The van der Waals surface area contributed by atoms with Crippen LogP contribution in [-0.2, 0) is 17.9 Å². The van der Waals surface area contributed by atoms with Crippen molar-refractivity contribution in [3.8, 4) is 0 Å². The van der Waals surface area contributed by atoms with Crippen LogP contribution < -0.4 is 5.32 Å². The van der Waals surface area contributed by atoms with Gasteiger partial charge in [0.25, 0.3) is 0 Å². The van der Waals surface area contributed by atoms with Gasteiger partial charge in [0.1, 0.15) is 5.01 Å². The Morgan fingerprint density at radius 1 is 1.56 bits per heavy atom. The second-order valence-electron chi connectivity index (χ2n) is 4.17. The molecule has 0 spiro atoms. The number of thiazole rings is 1. The number of aromatic nitrogens is 1. The van der Waals surface area contributed by atoms with Gasteiger partial charge in [0.15, 0.2) is 0 Å². The molecule has 0 saturated heterocycles. The number of ether oxygens (including phenoxy) is 1. The Labute approximate surface area is 102 Å². The summed E-state index contributed by atoms with van der Waals surface area (Å²) in [7, 11) is 1.93. The van der Waals surface area contributed by atoms with Crippen LogP contribution in [0.2, 0.25) is 0 Å². The van der Waals surface area contributed by atoms with Gasteiger partial charge in [0.05, 0.1) is 12.3 Å². The zero-order valence-electron chi connectivity index (χ0n) is 10.5. The van der Waals surface area contributed by atoms with E-state index in [9.17, 15) is 0 Å². The molecule has 0 aliphatic rings. The number of hydrogen-bond acceptors (Lipinski definition) is 4. The lowest BCUT2D eigenvalue weighted by atomic mass is 10.1. The third-order valence-electron chi connectivity index (χ3n) is 2.36. The molecule has 1 aromatic heterocycles. The molecule has 92 valence electrons. The van der Waals surface area contributed by atoms with Crippen molar-refractivity contribution in [1.29, 1.82) is 0 Å². The van der Waals surface area contributed by atoms with Crippen molar-refractivity contribution in [3.05, 3.63) is 16.1 Å². The second-order valence-corrected chi connectivity index (χ2v) is 5.11. The summed E-state index contributed by atoms with van der Waals surface area (Å²) in [5, 5.41) is 6.30. The van der Waals surface area contributed by atoms with Gasteiger partial charge in [0, 0.05) is 18.5 Å². The average molecular weight is 242 g/mol. The van der Waals surface area contributed by atoms with Gasteiger partial charge in [-0.25, -0.2) is 4.98 Å². The van der Waals surface area contributed by atoms with Crippen LogP contribution in [0.1, 0.15) is 37.4 Å². The van der Waals surface area contributed by atoms with E-state index in [0.717, 1.165) is 23.9 Å². The first kappa shape index (κ1) is 13.6. The standard InChI is InChI=1S/C12H22N2OS/c1-4-5-10(2)7-15-8-11-9-16-12(14-11)6-13-3/h9-10,13H,4-8H2,1-3H3. The van der Waals surface area contributed by atoms with Crippen molar-refractivity contribution >= 4 is 11.3 Å². The highest BCUT2D eigenvalue weighted by Gasteiger charge is 2.03. The molecule has 4 heteroatoms. The minimum Gasteiger partial charge on any atom is -0.375 e. The number of nitrogens with zero attached hydrogens (tertiary/aromatic N) is 1. The maximum atomic E-state index is 5.65. The molecule has 0 bridgehead atoms. The van der Waals surface area contributed by atoms with Crippen molar-refractivity contribution < 1.29 is 4.74 Å². The fraction of sp³-hybridized carbons (Fsp3) is 0.750. The zero-order valence-corrected chi connectivity index (χ0v) is 11.3. The summed E-state index contributed by atoms with van der Waals surface area (Å²) in [6, 6.07) is 0. The van der Waals surface area contributed by atoms with E-state index in [0.29, 0.717) is 12.5 Å². The van der Waals surface area contributed by atoms with E-state index >= 15 is 0 Å². The summed E-state index contributed by atoms with van der Waals surface area (Å²) in [6.07, 6.45) is 2.47. The molecular formula is C12H22N2OS. The van der Waals surface area contributed by atoms with E-state index < -0.39 is 0 Å². The Bertz CT molecular complexity index is 288. The molecule has 0 fully saturated rings. The average Bonchev–Trinajstić information content (AvgIpc) is 2.67. The quantitative estimate of drug-likeness (QED) is 0.761. The van der Waals surface area contributed by atoms with E-state index in [4.69, 9.17) is 4.74 Å². The molecule has 1 rings (SSSR count). The van der Waals surface area contributed by atoms with Crippen molar-refractivity contribution in [3.63, 3.8) is 0 Å². The van der Waals surface area contributed by atoms with Gasteiger partial charge in [-0.1, -0.05) is 20.3 Å². The molecule has 0 amide bonds. The molecule has 0 aromatic carbocycles. The smallest absolute Gasteiger partial charge is 0.107 e. The Morgan fingerprint density at radius 3 is 3.06 bits per heavy atom. The van der Waals surface area contributed by atoms with Gasteiger partial charge in [0.2, 0.25) is 0 Å². The van der Waals surface area contributed by atoms with Crippen molar-refractivity contribution in [2.24, 2.45) is 5.92 Å². The number of rotatable bonds is 8. The molecule has 0 radical (unpaired) electrons. The minimum absolute atomic E-state index is 0.647. The zero-order chi connectivity index (χ0) is 11.8. The molecule has 1 aromatic rings. The molecule has 1 N–H and O–H groups in total. The first-order valence-corrected chi connectivity index (χ1v) is 6.79. The summed E-state index contributed by atoms with van der Waals surface area (Å²) < 4.78 is 5.65. The molecule has 16 heavy (non-hydrogen) atoms. The second kappa shape index (κ2) is 7.76. The first-order valence-electron chi connectivity index (χ1n) is 5.91. The Morgan fingerprint density at radius 2 is 2.38 bits per heavy atom. The van der Waals surface area contributed by atoms with Gasteiger partial charge in [-0.2, -0.15) is 0 Å². The van der Waals surface area contributed by atoms with E-state index in [1.54, 1.807) is 11.3 Å². The maximum absolute atomic E-state index is 5.65. The summed E-state index contributed by atoms with van der Waals surface area (Å²) in [6.45, 7) is 6.77. The van der Waals surface area contributed by atoms with Gasteiger partial charge < -0.3 is 10.1 Å². The molecule has 3 nitrogen and oxygen atoms in total. The van der Waals surface area contributed by atoms with Crippen LogP contribution in [0, 0.1) is 5.92 Å². The van der Waals surface area contributed by atoms with Gasteiger partial charge in [-0.05, 0) is 19.4 Å². The lowest BCUT2D eigenvalue weighted by Gasteiger charge is -2.09. The number of hydrogen-bond donors (Lipinski definition) is 1. The maximum Gasteiger partial charge on any atom is 0.107 e.